The summed E-state index contributed by atoms with van der Waals surface area (Å²) in [6.07, 6.45) is 0.322. The van der Waals surface area contributed by atoms with Crippen molar-refractivity contribution in [2.75, 3.05) is 27.2 Å². The van der Waals surface area contributed by atoms with E-state index in [0.717, 1.165) is 29.0 Å². The SMILES string of the molecule is CN(C)CCOc1ccc(C(=O)Cc2ccccc2-c2ccccc2Cl)cc1. The predicted molar refractivity (Wildman–Crippen MR) is 115 cm³/mol. The number of rotatable bonds is 8. The Labute approximate surface area is 171 Å². The fraction of sp³-hybridized carbons (Fsp3) is 0.208. The highest BCUT2D eigenvalue weighted by molar-refractivity contribution is 6.33. The summed E-state index contributed by atoms with van der Waals surface area (Å²) >= 11 is 6.36. The van der Waals surface area contributed by atoms with Crippen molar-refractivity contribution in [2.24, 2.45) is 0 Å². The first-order chi connectivity index (χ1) is 13.5. The Morgan fingerprint density at radius 2 is 1.54 bits per heavy atom. The normalized spacial score (nSPS) is 10.9. The van der Waals surface area contributed by atoms with Gasteiger partial charge in [0.1, 0.15) is 12.4 Å². The van der Waals surface area contributed by atoms with E-state index in [9.17, 15) is 4.79 Å². The number of likely N-dealkylation sites (N-methyl/N-ethyl adjacent to an activating group) is 1. The average molecular weight is 394 g/mol. The van der Waals surface area contributed by atoms with Crippen molar-refractivity contribution in [2.45, 2.75) is 6.42 Å². The van der Waals surface area contributed by atoms with Crippen molar-refractivity contribution < 1.29 is 9.53 Å². The lowest BCUT2D eigenvalue weighted by atomic mass is 9.94. The minimum Gasteiger partial charge on any atom is -0.492 e. The van der Waals surface area contributed by atoms with Gasteiger partial charge < -0.3 is 9.64 Å². The lowest BCUT2D eigenvalue weighted by Gasteiger charge is -2.12. The van der Waals surface area contributed by atoms with E-state index in [1.54, 1.807) is 0 Å². The number of hydrogen-bond acceptors (Lipinski definition) is 3. The highest BCUT2D eigenvalue weighted by Crippen LogP contribution is 2.31. The molecule has 3 aromatic rings. The van der Waals surface area contributed by atoms with Gasteiger partial charge in [0, 0.05) is 29.1 Å². The number of Topliss-reactive ketones (excluding diaryl/α,β-unsaturated/α-hetero) is 1. The molecule has 0 unspecified atom stereocenters. The summed E-state index contributed by atoms with van der Waals surface area (Å²) in [7, 11) is 4.01. The molecule has 3 rings (SSSR count). The highest BCUT2D eigenvalue weighted by Gasteiger charge is 2.13. The molecule has 0 amide bonds. The summed E-state index contributed by atoms with van der Waals surface area (Å²) in [5, 5.41) is 0.682. The number of nitrogens with zero attached hydrogens (tertiary/aromatic N) is 1. The third-order valence-electron chi connectivity index (χ3n) is 4.52. The van der Waals surface area contributed by atoms with Crippen molar-refractivity contribution in [1.29, 1.82) is 0 Å². The van der Waals surface area contributed by atoms with E-state index in [1.807, 2.05) is 86.9 Å². The van der Waals surface area contributed by atoms with E-state index >= 15 is 0 Å². The molecule has 3 aromatic carbocycles. The summed E-state index contributed by atoms with van der Waals surface area (Å²) in [5.74, 6) is 0.842. The average Bonchev–Trinajstić information content (AvgIpc) is 2.69. The van der Waals surface area contributed by atoms with Crippen LogP contribution in [0, 0.1) is 0 Å². The molecule has 0 atom stereocenters. The fourth-order valence-electron chi connectivity index (χ4n) is 2.98. The van der Waals surface area contributed by atoms with E-state index in [4.69, 9.17) is 16.3 Å². The summed E-state index contributed by atoms with van der Waals surface area (Å²) < 4.78 is 5.69. The van der Waals surface area contributed by atoms with Crippen LogP contribution < -0.4 is 4.74 Å². The Morgan fingerprint density at radius 3 is 2.21 bits per heavy atom. The summed E-state index contributed by atoms with van der Waals surface area (Å²) in [5.41, 5.74) is 3.57. The Balaban J connectivity index is 1.73. The van der Waals surface area contributed by atoms with E-state index in [0.29, 0.717) is 23.6 Å². The summed E-state index contributed by atoms with van der Waals surface area (Å²) in [4.78, 5) is 14.9. The number of hydrogen-bond donors (Lipinski definition) is 0. The number of halogens is 1. The number of ketones is 1. The number of ether oxygens (including phenoxy) is 1. The van der Waals surface area contributed by atoms with Crippen molar-refractivity contribution in [1.82, 2.24) is 4.90 Å². The van der Waals surface area contributed by atoms with Gasteiger partial charge in [-0.05, 0) is 55.6 Å². The number of benzene rings is 3. The van der Waals surface area contributed by atoms with Gasteiger partial charge in [-0.25, -0.2) is 0 Å². The summed E-state index contributed by atoms with van der Waals surface area (Å²) in [6.45, 7) is 1.46. The molecule has 3 nitrogen and oxygen atoms in total. The minimum atomic E-state index is 0.0688. The zero-order chi connectivity index (χ0) is 19.9. The molecule has 0 saturated carbocycles. The van der Waals surface area contributed by atoms with Crippen molar-refractivity contribution in [3.05, 3.63) is 88.9 Å². The minimum absolute atomic E-state index is 0.0688. The van der Waals surface area contributed by atoms with Crippen LogP contribution in [0.3, 0.4) is 0 Å². The maximum Gasteiger partial charge on any atom is 0.167 e. The Morgan fingerprint density at radius 1 is 0.893 bits per heavy atom. The van der Waals surface area contributed by atoms with Gasteiger partial charge >= 0.3 is 0 Å². The van der Waals surface area contributed by atoms with Crippen LogP contribution in [0.15, 0.2) is 72.8 Å². The maximum absolute atomic E-state index is 12.8. The van der Waals surface area contributed by atoms with Gasteiger partial charge in [-0.2, -0.15) is 0 Å². The first-order valence-electron chi connectivity index (χ1n) is 9.28. The molecule has 0 fully saturated rings. The first-order valence-corrected chi connectivity index (χ1v) is 9.66. The standard InChI is InChI=1S/C24H24ClNO2/c1-26(2)15-16-28-20-13-11-18(12-14-20)24(27)17-19-7-3-4-8-21(19)22-9-5-6-10-23(22)25/h3-14H,15-17H2,1-2H3. The molecular formula is C24H24ClNO2. The molecule has 28 heavy (non-hydrogen) atoms. The Kier molecular flexibility index (Phi) is 6.85. The van der Waals surface area contributed by atoms with Crippen LogP contribution in [0.2, 0.25) is 5.02 Å². The lowest BCUT2D eigenvalue weighted by Crippen LogP contribution is -2.19. The molecule has 0 aliphatic carbocycles. The Bertz CT molecular complexity index is 935. The van der Waals surface area contributed by atoms with E-state index in [1.165, 1.54) is 0 Å². The quantitative estimate of drug-likeness (QED) is 0.481. The third-order valence-corrected chi connectivity index (χ3v) is 4.85. The van der Waals surface area contributed by atoms with E-state index in [2.05, 4.69) is 4.90 Å². The fourth-order valence-corrected chi connectivity index (χ4v) is 3.21. The van der Waals surface area contributed by atoms with Gasteiger partial charge in [-0.1, -0.05) is 54.1 Å². The molecule has 0 spiro atoms. The molecule has 144 valence electrons. The summed E-state index contributed by atoms with van der Waals surface area (Å²) in [6, 6.07) is 23.0. The number of carbonyl (C=O) groups excluding carboxylic acids is 1. The molecule has 0 heterocycles. The smallest absolute Gasteiger partial charge is 0.167 e. The second-order valence-corrected chi connectivity index (χ2v) is 7.32. The van der Waals surface area contributed by atoms with Crippen LogP contribution in [0.25, 0.3) is 11.1 Å². The molecule has 0 aromatic heterocycles. The van der Waals surface area contributed by atoms with Gasteiger partial charge in [0.25, 0.3) is 0 Å². The molecule has 0 aliphatic rings. The molecular weight excluding hydrogens is 370 g/mol. The molecule has 0 radical (unpaired) electrons. The van der Waals surface area contributed by atoms with Crippen LogP contribution in [0.5, 0.6) is 5.75 Å². The predicted octanol–water partition coefficient (Wildman–Crippen LogP) is 5.37. The van der Waals surface area contributed by atoms with Gasteiger partial charge in [0.15, 0.2) is 5.78 Å². The number of carbonyl (C=O) groups is 1. The third kappa shape index (κ3) is 5.22. The molecule has 0 aliphatic heterocycles. The largest absolute Gasteiger partial charge is 0.492 e. The van der Waals surface area contributed by atoms with Crippen LogP contribution in [-0.2, 0) is 6.42 Å². The van der Waals surface area contributed by atoms with Crippen molar-refractivity contribution in [3.8, 4) is 16.9 Å². The first kappa shape index (κ1) is 20.1. The van der Waals surface area contributed by atoms with Gasteiger partial charge in [-0.15, -0.1) is 0 Å². The molecule has 4 heteroatoms. The topological polar surface area (TPSA) is 29.5 Å². The van der Waals surface area contributed by atoms with E-state index in [-0.39, 0.29) is 5.78 Å². The molecule has 0 N–H and O–H groups in total. The zero-order valence-electron chi connectivity index (χ0n) is 16.2. The monoisotopic (exact) mass is 393 g/mol. The van der Waals surface area contributed by atoms with Crippen LogP contribution >= 0.6 is 11.6 Å². The second-order valence-electron chi connectivity index (χ2n) is 6.91. The van der Waals surface area contributed by atoms with Gasteiger partial charge in [-0.3, -0.25) is 4.79 Å². The molecule has 0 saturated heterocycles. The zero-order valence-corrected chi connectivity index (χ0v) is 16.9. The van der Waals surface area contributed by atoms with Crippen molar-refractivity contribution >= 4 is 17.4 Å². The highest BCUT2D eigenvalue weighted by atomic mass is 35.5. The second kappa shape index (κ2) is 9.54. The lowest BCUT2D eigenvalue weighted by molar-refractivity contribution is 0.0993. The maximum atomic E-state index is 12.8. The van der Waals surface area contributed by atoms with Crippen LogP contribution in [0.1, 0.15) is 15.9 Å². The Hall–Kier alpha value is -2.62. The molecule has 0 bridgehead atoms. The van der Waals surface area contributed by atoms with Crippen molar-refractivity contribution in [3.63, 3.8) is 0 Å². The van der Waals surface area contributed by atoms with Crippen LogP contribution in [-0.4, -0.2) is 37.9 Å². The van der Waals surface area contributed by atoms with E-state index < -0.39 is 0 Å². The van der Waals surface area contributed by atoms with Gasteiger partial charge in [0.05, 0.1) is 0 Å². The van der Waals surface area contributed by atoms with Crippen LogP contribution in [0.4, 0.5) is 0 Å². The van der Waals surface area contributed by atoms with Gasteiger partial charge in [0.2, 0.25) is 0 Å².